The van der Waals surface area contributed by atoms with Crippen molar-refractivity contribution in [3.8, 4) is 0 Å². The molecule has 1 saturated heterocycles. The second kappa shape index (κ2) is 4.48. The Labute approximate surface area is 104 Å². The highest BCUT2D eigenvalue weighted by Gasteiger charge is 2.42. The van der Waals surface area contributed by atoms with Crippen molar-refractivity contribution in [2.45, 2.75) is 42.6 Å². The lowest BCUT2D eigenvalue weighted by Crippen LogP contribution is -2.45. The zero-order chi connectivity index (χ0) is 11.8. The fourth-order valence-electron chi connectivity index (χ4n) is 2.58. The molecule has 92 valence electrons. The van der Waals surface area contributed by atoms with Gasteiger partial charge in [0.05, 0.1) is 17.3 Å². The average Bonchev–Trinajstić information content (AvgIpc) is 2.74. The SMILES string of the molecule is FC1CC2NC(c3cnccn3)NC2CC1Cl. The van der Waals surface area contributed by atoms with Crippen LogP contribution in [-0.2, 0) is 0 Å². The summed E-state index contributed by atoms with van der Waals surface area (Å²) in [6, 6.07) is 0.350. The second-order valence-corrected chi connectivity index (χ2v) is 5.17. The first kappa shape index (κ1) is 11.3. The summed E-state index contributed by atoms with van der Waals surface area (Å²) in [5.41, 5.74) is 0.837. The molecule has 1 aromatic rings. The third-order valence-corrected chi connectivity index (χ3v) is 3.93. The predicted molar refractivity (Wildman–Crippen MR) is 62.4 cm³/mol. The van der Waals surface area contributed by atoms with Crippen molar-refractivity contribution < 1.29 is 4.39 Å². The van der Waals surface area contributed by atoms with Crippen molar-refractivity contribution in [2.24, 2.45) is 0 Å². The summed E-state index contributed by atoms with van der Waals surface area (Å²) in [6.07, 6.45) is 5.15. The third-order valence-electron chi connectivity index (χ3n) is 3.48. The average molecular weight is 257 g/mol. The topological polar surface area (TPSA) is 49.8 Å². The third kappa shape index (κ3) is 2.14. The van der Waals surface area contributed by atoms with E-state index in [-0.39, 0.29) is 23.6 Å². The number of nitrogens with zero attached hydrogens (tertiary/aromatic N) is 2. The zero-order valence-electron chi connectivity index (χ0n) is 9.18. The summed E-state index contributed by atoms with van der Waals surface area (Å²) in [5, 5.41) is 6.36. The lowest BCUT2D eigenvalue weighted by molar-refractivity contribution is 0.216. The Bertz CT molecular complexity index is 372. The minimum absolute atomic E-state index is 0.0483. The molecule has 2 heterocycles. The van der Waals surface area contributed by atoms with Gasteiger partial charge in [-0.2, -0.15) is 0 Å². The summed E-state index contributed by atoms with van der Waals surface area (Å²) in [4.78, 5) is 8.28. The molecule has 1 aromatic heterocycles. The van der Waals surface area contributed by atoms with Crippen LogP contribution in [0.15, 0.2) is 18.6 Å². The number of hydrogen-bond acceptors (Lipinski definition) is 4. The molecular weight excluding hydrogens is 243 g/mol. The van der Waals surface area contributed by atoms with E-state index >= 15 is 0 Å². The van der Waals surface area contributed by atoms with Crippen molar-refractivity contribution in [3.05, 3.63) is 24.3 Å². The van der Waals surface area contributed by atoms with Gasteiger partial charge in [0.15, 0.2) is 0 Å². The van der Waals surface area contributed by atoms with Crippen LogP contribution in [0.3, 0.4) is 0 Å². The highest BCUT2D eigenvalue weighted by atomic mass is 35.5. The Balaban J connectivity index is 1.73. The number of nitrogens with one attached hydrogen (secondary N) is 2. The minimum Gasteiger partial charge on any atom is -0.292 e. The molecule has 2 aliphatic rings. The molecule has 1 aliphatic heterocycles. The van der Waals surface area contributed by atoms with Crippen LogP contribution in [0, 0.1) is 0 Å². The smallest absolute Gasteiger partial charge is 0.118 e. The van der Waals surface area contributed by atoms with Gasteiger partial charge in [0.25, 0.3) is 0 Å². The quantitative estimate of drug-likeness (QED) is 0.740. The molecule has 0 radical (unpaired) electrons. The second-order valence-electron chi connectivity index (χ2n) is 4.61. The van der Waals surface area contributed by atoms with Crippen LogP contribution in [0.25, 0.3) is 0 Å². The van der Waals surface area contributed by atoms with E-state index in [4.69, 9.17) is 11.6 Å². The van der Waals surface area contributed by atoms with E-state index in [1.807, 2.05) is 0 Å². The molecule has 5 unspecified atom stereocenters. The van der Waals surface area contributed by atoms with Crippen LogP contribution in [0.2, 0.25) is 0 Å². The standard InChI is InChI=1S/C11H14ClFN4/c12-6-3-8-9(4-7(6)13)17-11(16-8)10-5-14-1-2-15-10/h1-2,5-9,11,16-17H,3-4H2. The van der Waals surface area contributed by atoms with E-state index in [1.54, 1.807) is 18.6 Å². The number of aromatic nitrogens is 2. The summed E-state index contributed by atoms with van der Waals surface area (Å²) < 4.78 is 13.5. The molecule has 6 heteroatoms. The van der Waals surface area contributed by atoms with Crippen molar-refractivity contribution in [1.82, 2.24) is 20.6 Å². The largest absolute Gasteiger partial charge is 0.292 e. The molecule has 3 rings (SSSR count). The zero-order valence-corrected chi connectivity index (χ0v) is 9.94. The van der Waals surface area contributed by atoms with Gasteiger partial charge in [0.1, 0.15) is 12.3 Å². The van der Waals surface area contributed by atoms with Gasteiger partial charge in [0, 0.05) is 24.5 Å². The predicted octanol–water partition coefficient (Wildman–Crippen LogP) is 1.14. The Morgan fingerprint density at radius 1 is 1.24 bits per heavy atom. The number of fused-ring (bicyclic) bond motifs is 1. The summed E-state index contributed by atoms with van der Waals surface area (Å²) in [7, 11) is 0. The monoisotopic (exact) mass is 256 g/mol. The highest BCUT2D eigenvalue weighted by Crippen LogP contribution is 2.31. The summed E-state index contributed by atoms with van der Waals surface area (Å²) in [5.74, 6) is 0. The first-order chi connectivity index (χ1) is 8.24. The van der Waals surface area contributed by atoms with Gasteiger partial charge in [-0.25, -0.2) is 4.39 Å². The number of rotatable bonds is 1. The van der Waals surface area contributed by atoms with E-state index in [2.05, 4.69) is 20.6 Å². The molecule has 0 amide bonds. The van der Waals surface area contributed by atoms with Crippen LogP contribution in [-0.4, -0.2) is 33.6 Å². The van der Waals surface area contributed by atoms with Gasteiger partial charge in [-0.15, -0.1) is 11.6 Å². The minimum atomic E-state index is -0.923. The fourth-order valence-corrected chi connectivity index (χ4v) is 2.88. The molecule has 1 saturated carbocycles. The van der Waals surface area contributed by atoms with E-state index < -0.39 is 6.17 Å². The molecule has 2 fully saturated rings. The summed E-state index contributed by atoms with van der Waals surface area (Å²) >= 11 is 5.96. The van der Waals surface area contributed by atoms with E-state index in [1.165, 1.54) is 0 Å². The Morgan fingerprint density at radius 2 is 2.00 bits per heavy atom. The molecule has 1 aliphatic carbocycles. The lowest BCUT2D eigenvalue weighted by atomic mass is 9.90. The normalized spacial score (nSPS) is 41.2. The summed E-state index contributed by atoms with van der Waals surface area (Å²) in [6.45, 7) is 0. The van der Waals surface area contributed by atoms with Gasteiger partial charge in [-0.3, -0.25) is 20.6 Å². The van der Waals surface area contributed by atoms with Gasteiger partial charge in [-0.05, 0) is 12.8 Å². The fraction of sp³-hybridized carbons (Fsp3) is 0.636. The Kier molecular flexibility index (Phi) is 2.98. The van der Waals surface area contributed by atoms with Crippen LogP contribution >= 0.6 is 11.6 Å². The first-order valence-electron chi connectivity index (χ1n) is 5.80. The van der Waals surface area contributed by atoms with E-state index in [9.17, 15) is 4.39 Å². The van der Waals surface area contributed by atoms with E-state index in [0.29, 0.717) is 12.8 Å². The molecule has 17 heavy (non-hydrogen) atoms. The first-order valence-corrected chi connectivity index (χ1v) is 6.24. The highest BCUT2D eigenvalue weighted by molar-refractivity contribution is 6.21. The van der Waals surface area contributed by atoms with Gasteiger partial charge in [-0.1, -0.05) is 0 Å². The lowest BCUT2D eigenvalue weighted by Gasteiger charge is -2.30. The molecule has 0 bridgehead atoms. The van der Waals surface area contributed by atoms with Gasteiger partial charge >= 0.3 is 0 Å². The maximum Gasteiger partial charge on any atom is 0.118 e. The maximum atomic E-state index is 13.5. The molecule has 5 atom stereocenters. The number of hydrogen-bond donors (Lipinski definition) is 2. The van der Waals surface area contributed by atoms with Crippen molar-refractivity contribution in [2.75, 3.05) is 0 Å². The van der Waals surface area contributed by atoms with E-state index in [0.717, 1.165) is 5.69 Å². The molecule has 0 aromatic carbocycles. The van der Waals surface area contributed by atoms with Gasteiger partial charge in [0.2, 0.25) is 0 Å². The van der Waals surface area contributed by atoms with Crippen LogP contribution in [0.5, 0.6) is 0 Å². The van der Waals surface area contributed by atoms with Crippen LogP contribution in [0.4, 0.5) is 4.39 Å². The maximum absolute atomic E-state index is 13.5. The number of alkyl halides is 2. The van der Waals surface area contributed by atoms with Gasteiger partial charge < -0.3 is 0 Å². The van der Waals surface area contributed by atoms with Crippen molar-refractivity contribution >= 4 is 11.6 Å². The van der Waals surface area contributed by atoms with Crippen molar-refractivity contribution in [1.29, 1.82) is 0 Å². The molecule has 0 spiro atoms. The molecule has 4 nitrogen and oxygen atoms in total. The molecule has 2 N–H and O–H groups in total. The van der Waals surface area contributed by atoms with Crippen LogP contribution in [0.1, 0.15) is 24.7 Å². The number of halogens is 2. The Hall–Kier alpha value is -0.780. The Morgan fingerprint density at radius 3 is 2.71 bits per heavy atom. The molecular formula is C11H14ClFN4. The van der Waals surface area contributed by atoms with Crippen LogP contribution < -0.4 is 10.6 Å². The van der Waals surface area contributed by atoms with Crippen molar-refractivity contribution in [3.63, 3.8) is 0 Å².